The number of methoxy groups -OCH3 is 1. The number of aryl methyl sites for hydroxylation is 1. The predicted octanol–water partition coefficient (Wildman–Crippen LogP) is 5.72. The smallest absolute Gasteiger partial charge is 0.264 e. The van der Waals surface area contributed by atoms with E-state index in [9.17, 15) is 18.0 Å². The fourth-order valence-electron chi connectivity index (χ4n) is 5.12. The van der Waals surface area contributed by atoms with Gasteiger partial charge in [-0.05, 0) is 86.3 Å². The molecule has 0 heterocycles. The molecule has 1 atom stereocenters. The minimum absolute atomic E-state index is 0.00556. The molecule has 1 aliphatic carbocycles. The Hall–Kier alpha value is -3.56. The molecule has 224 valence electrons. The summed E-state index contributed by atoms with van der Waals surface area (Å²) in [6.45, 7) is 3.16. The number of carbonyl (C=O) groups excluding carboxylic acids is 2. The van der Waals surface area contributed by atoms with Gasteiger partial charge in [-0.25, -0.2) is 8.42 Å². The van der Waals surface area contributed by atoms with Crippen LogP contribution in [0.4, 0.5) is 5.69 Å². The third kappa shape index (κ3) is 7.83. The van der Waals surface area contributed by atoms with Crippen molar-refractivity contribution in [2.75, 3.05) is 18.0 Å². The Morgan fingerprint density at radius 2 is 1.67 bits per heavy atom. The highest BCUT2D eigenvalue weighted by molar-refractivity contribution is 7.92. The van der Waals surface area contributed by atoms with Crippen molar-refractivity contribution in [2.45, 2.75) is 69.5 Å². The van der Waals surface area contributed by atoms with Gasteiger partial charge in [0.15, 0.2) is 0 Å². The molecule has 1 aliphatic rings. The highest BCUT2D eigenvalue weighted by Crippen LogP contribution is 2.27. The van der Waals surface area contributed by atoms with E-state index in [0.717, 1.165) is 47.5 Å². The summed E-state index contributed by atoms with van der Waals surface area (Å²) in [7, 11) is -2.58. The Morgan fingerprint density at radius 3 is 2.29 bits per heavy atom. The lowest BCUT2D eigenvalue weighted by atomic mass is 9.95. The number of benzene rings is 3. The topological polar surface area (TPSA) is 96.0 Å². The van der Waals surface area contributed by atoms with Crippen LogP contribution in [0.15, 0.2) is 77.7 Å². The second-order valence-corrected chi connectivity index (χ2v) is 13.0. The van der Waals surface area contributed by atoms with Gasteiger partial charge in [-0.3, -0.25) is 13.9 Å². The quantitative estimate of drug-likeness (QED) is 0.299. The number of nitrogens with zero attached hydrogens (tertiary/aromatic N) is 2. The number of carbonyl (C=O) groups is 2. The number of hydrogen-bond acceptors (Lipinski definition) is 5. The number of sulfonamides is 1. The van der Waals surface area contributed by atoms with Gasteiger partial charge in [-0.15, -0.1) is 0 Å². The van der Waals surface area contributed by atoms with Gasteiger partial charge in [0, 0.05) is 17.6 Å². The van der Waals surface area contributed by atoms with Crippen LogP contribution < -0.4 is 14.4 Å². The summed E-state index contributed by atoms with van der Waals surface area (Å²) in [4.78, 5) is 29.0. The second kappa shape index (κ2) is 14.1. The van der Waals surface area contributed by atoms with E-state index in [2.05, 4.69) is 5.32 Å². The average Bonchev–Trinajstić information content (AvgIpc) is 2.99. The van der Waals surface area contributed by atoms with Gasteiger partial charge in [0.2, 0.25) is 11.8 Å². The standard InChI is InChI=1S/C32H38ClN3O5S/c1-23-8-7-11-28(20-23)36(42(39,40)30-18-14-26(33)15-19-30)22-31(37)35(21-25-12-16-29(41-3)17-13-25)24(2)32(38)34-27-9-5-4-6-10-27/h7-8,11-20,24,27H,4-6,9-10,21-22H2,1-3H3,(H,34,38). The van der Waals surface area contributed by atoms with Crippen molar-refractivity contribution in [3.8, 4) is 5.75 Å². The van der Waals surface area contributed by atoms with Crippen molar-refractivity contribution in [1.82, 2.24) is 10.2 Å². The summed E-state index contributed by atoms with van der Waals surface area (Å²) in [5.74, 6) is -0.0954. The molecule has 1 fully saturated rings. The van der Waals surface area contributed by atoms with E-state index >= 15 is 0 Å². The normalized spacial score (nSPS) is 14.6. The van der Waals surface area contributed by atoms with Crippen LogP contribution in [0, 0.1) is 6.92 Å². The van der Waals surface area contributed by atoms with E-state index in [0.29, 0.717) is 16.5 Å². The maximum Gasteiger partial charge on any atom is 0.264 e. The molecular formula is C32H38ClN3O5S. The van der Waals surface area contributed by atoms with Crippen LogP contribution in [0.3, 0.4) is 0 Å². The third-order valence-electron chi connectivity index (χ3n) is 7.60. The number of halogens is 1. The SMILES string of the molecule is COc1ccc(CN(C(=O)CN(c2cccc(C)c2)S(=O)(=O)c2ccc(Cl)cc2)C(C)C(=O)NC2CCCCC2)cc1. The Morgan fingerprint density at radius 1 is 1.00 bits per heavy atom. The van der Waals surface area contributed by atoms with E-state index < -0.39 is 28.5 Å². The molecule has 0 saturated heterocycles. The van der Waals surface area contributed by atoms with E-state index in [1.165, 1.54) is 29.2 Å². The van der Waals surface area contributed by atoms with Crippen molar-refractivity contribution in [1.29, 1.82) is 0 Å². The van der Waals surface area contributed by atoms with Crippen molar-refractivity contribution in [2.24, 2.45) is 0 Å². The van der Waals surface area contributed by atoms with Gasteiger partial charge in [0.1, 0.15) is 18.3 Å². The maximum atomic E-state index is 14.1. The second-order valence-electron chi connectivity index (χ2n) is 10.7. The van der Waals surface area contributed by atoms with Crippen LogP contribution in [0.5, 0.6) is 5.75 Å². The van der Waals surface area contributed by atoms with Crippen molar-refractivity contribution in [3.05, 3.63) is 88.9 Å². The molecule has 10 heteroatoms. The Labute approximate surface area is 253 Å². The van der Waals surface area contributed by atoms with Crippen molar-refractivity contribution >= 4 is 39.1 Å². The first kappa shape index (κ1) is 31.4. The molecule has 8 nitrogen and oxygen atoms in total. The number of nitrogens with one attached hydrogen (secondary N) is 1. The lowest BCUT2D eigenvalue weighted by Crippen LogP contribution is -2.53. The van der Waals surface area contributed by atoms with Crippen LogP contribution >= 0.6 is 11.6 Å². The molecule has 0 radical (unpaired) electrons. The predicted molar refractivity (Wildman–Crippen MR) is 165 cm³/mol. The zero-order chi connectivity index (χ0) is 30.3. The van der Waals surface area contributed by atoms with Gasteiger partial charge >= 0.3 is 0 Å². The molecule has 0 spiro atoms. The molecule has 0 bridgehead atoms. The van der Waals surface area contributed by atoms with E-state index in [1.807, 2.05) is 25.1 Å². The van der Waals surface area contributed by atoms with Gasteiger partial charge < -0.3 is 15.0 Å². The fraction of sp³-hybridized carbons (Fsp3) is 0.375. The van der Waals surface area contributed by atoms with Crippen LogP contribution in [0.25, 0.3) is 0 Å². The van der Waals surface area contributed by atoms with Gasteiger partial charge in [0.25, 0.3) is 10.0 Å². The molecule has 1 unspecified atom stereocenters. The highest BCUT2D eigenvalue weighted by atomic mass is 35.5. The van der Waals surface area contributed by atoms with Crippen molar-refractivity contribution < 1.29 is 22.7 Å². The zero-order valence-corrected chi connectivity index (χ0v) is 25.8. The monoisotopic (exact) mass is 611 g/mol. The Bertz CT molecular complexity index is 1470. The molecule has 1 N–H and O–H groups in total. The maximum absolute atomic E-state index is 14.1. The Kier molecular flexibility index (Phi) is 10.5. The van der Waals surface area contributed by atoms with Crippen LogP contribution in [-0.2, 0) is 26.2 Å². The molecule has 42 heavy (non-hydrogen) atoms. The number of rotatable bonds is 11. The van der Waals surface area contributed by atoms with Gasteiger partial charge in [-0.1, -0.05) is 55.1 Å². The molecule has 1 saturated carbocycles. The highest BCUT2D eigenvalue weighted by Gasteiger charge is 2.33. The average molecular weight is 612 g/mol. The minimum Gasteiger partial charge on any atom is -0.497 e. The first-order valence-electron chi connectivity index (χ1n) is 14.2. The van der Waals surface area contributed by atoms with E-state index in [1.54, 1.807) is 44.4 Å². The third-order valence-corrected chi connectivity index (χ3v) is 9.64. The molecule has 3 aromatic carbocycles. The largest absolute Gasteiger partial charge is 0.497 e. The molecular weight excluding hydrogens is 574 g/mol. The van der Waals surface area contributed by atoms with Crippen LogP contribution in [-0.4, -0.2) is 50.9 Å². The molecule has 0 aliphatic heterocycles. The first-order chi connectivity index (χ1) is 20.1. The molecule has 0 aromatic heterocycles. The molecule has 2 amide bonds. The van der Waals surface area contributed by atoms with E-state index in [-0.39, 0.29) is 23.4 Å². The zero-order valence-electron chi connectivity index (χ0n) is 24.3. The summed E-state index contributed by atoms with van der Waals surface area (Å²) in [6, 6.07) is 19.3. The van der Waals surface area contributed by atoms with Crippen LogP contribution in [0.1, 0.15) is 50.2 Å². The first-order valence-corrected chi connectivity index (χ1v) is 16.0. The lowest BCUT2D eigenvalue weighted by molar-refractivity contribution is -0.139. The molecule has 4 rings (SSSR count). The minimum atomic E-state index is -4.16. The van der Waals surface area contributed by atoms with Gasteiger partial charge in [-0.2, -0.15) is 0 Å². The Balaban J connectivity index is 1.67. The van der Waals surface area contributed by atoms with Crippen LogP contribution in [0.2, 0.25) is 5.02 Å². The van der Waals surface area contributed by atoms with Gasteiger partial charge in [0.05, 0.1) is 17.7 Å². The lowest BCUT2D eigenvalue weighted by Gasteiger charge is -2.33. The summed E-state index contributed by atoms with van der Waals surface area (Å²) in [5.41, 5.74) is 1.97. The summed E-state index contributed by atoms with van der Waals surface area (Å²) >= 11 is 6.02. The summed E-state index contributed by atoms with van der Waals surface area (Å²) in [6.07, 6.45) is 5.08. The number of anilines is 1. The fourth-order valence-corrected chi connectivity index (χ4v) is 6.66. The number of amides is 2. The summed E-state index contributed by atoms with van der Waals surface area (Å²) in [5, 5.41) is 3.51. The van der Waals surface area contributed by atoms with Crippen molar-refractivity contribution in [3.63, 3.8) is 0 Å². The molecule has 3 aromatic rings. The van der Waals surface area contributed by atoms with E-state index in [4.69, 9.17) is 16.3 Å². The number of hydrogen-bond donors (Lipinski definition) is 1. The number of ether oxygens (including phenoxy) is 1. The summed E-state index contributed by atoms with van der Waals surface area (Å²) < 4.78 is 34.2.